The molecule has 21 heavy (non-hydrogen) atoms. The summed E-state index contributed by atoms with van der Waals surface area (Å²) < 4.78 is 15.7. The standard InChI is InChI=1S/C15H20N2O3S/c1-10(8-18-2)16-15-17-12(9-21-15)11-5-6-13(19-3)14(7-11)20-4/h5-7,9-10H,8H2,1-4H3,(H,16,17)/t10-/m0/s1. The lowest BCUT2D eigenvalue weighted by molar-refractivity contribution is 0.190. The van der Waals surface area contributed by atoms with Gasteiger partial charge in [0.05, 0.1) is 26.5 Å². The second-order valence-corrected chi connectivity index (χ2v) is 5.47. The molecule has 0 aliphatic rings. The summed E-state index contributed by atoms with van der Waals surface area (Å²) in [5, 5.41) is 6.21. The van der Waals surface area contributed by atoms with Gasteiger partial charge in [-0.15, -0.1) is 11.3 Å². The molecule has 1 heterocycles. The molecule has 0 fully saturated rings. The Balaban J connectivity index is 2.17. The summed E-state index contributed by atoms with van der Waals surface area (Å²) in [7, 11) is 4.94. The molecule has 0 saturated heterocycles. The van der Waals surface area contributed by atoms with Crippen LogP contribution in [0.1, 0.15) is 6.92 Å². The van der Waals surface area contributed by atoms with Crippen molar-refractivity contribution in [3.05, 3.63) is 23.6 Å². The predicted octanol–water partition coefficient (Wildman–Crippen LogP) is 3.27. The van der Waals surface area contributed by atoms with E-state index in [4.69, 9.17) is 14.2 Å². The second kappa shape index (κ2) is 7.28. The third kappa shape index (κ3) is 3.86. The average molecular weight is 308 g/mol. The number of benzene rings is 1. The number of thiazole rings is 1. The van der Waals surface area contributed by atoms with Crippen molar-refractivity contribution in [2.75, 3.05) is 33.3 Å². The molecule has 6 heteroatoms. The van der Waals surface area contributed by atoms with Gasteiger partial charge in [-0.2, -0.15) is 0 Å². The molecule has 0 aliphatic carbocycles. The van der Waals surface area contributed by atoms with E-state index in [0.29, 0.717) is 18.1 Å². The number of hydrogen-bond donors (Lipinski definition) is 1. The number of nitrogens with one attached hydrogen (secondary N) is 1. The van der Waals surface area contributed by atoms with Crippen LogP contribution in [0, 0.1) is 0 Å². The molecule has 1 aromatic heterocycles. The summed E-state index contributed by atoms with van der Waals surface area (Å²) in [6, 6.07) is 6.00. The first-order chi connectivity index (χ1) is 10.2. The van der Waals surface area contributed by atoms with Gasteiger partial charge in [0.1, 0.15) is 0 Å². The van der Waals surface area contributed by atoms with E-state index in [1.807, 2.05) is 23.6 Å². The average Bonchev–Trinajstić information content (AvgIpc) is 2.95. The van der Waals surface area contributed by atoms with Crippen molar-refractivity contribution < 1.29 is 14.2 Å². The molecule has 0 radical (unpaired) electrons. The van der Waals surface area contributed by atoms with Crippen molar-refractivity contribution in [1.29, 1.82) is 0 Å². The van der Waals surface area contributed by atoms with Crippen LogP contribution in [0.15, 0.2) is 23.6 Å². The highest BCUT2D eigenvalue weighted by Crippen LogP contribution is 2.33. The van der Waals surface area contributed by atoms with Gasteiger partial charge in [0.15, 0.2) is 16.6 Å². The maximum absolute atomic E-state index is 5.32. The molecule has 0 unspecified atom stereocenters. The van der Waals surface area contributed by atoms with Crippen molar-refractivity contribution >= 4 is 16.5 Å². The van der Waals surface area contributed by atoms with E-state index in [1.54, 1.807) is 32.7 Å². The zero-order valence-corrected chi connectivity index (χ0v) is 13.5. The lowest BCUT2D eigenvalue weighted by atomic mass is 10.1. The zero-order valence-electron chi connectivity index (χ0n) is 12.7. The molecular weight excluding hydrogens is 288 g/mol. The Kier molecular flexibility index (Phi) is 5.41. The van der Waals surface area contributed by atoms with Gasteiger partial charge in [0, 0.05) is 24.1 Å². The van der Waals surface area contributed by atoms with E-state index >= 15 is 0 Å². The molecule has 0 spiro atoms. The summed E-state index contributed by atoms with van der Waals surface area (Å²) in [6.45, 7) is 2.70. The Morgan fingerprint density at radius 1 is 1.19 bits per heavy atom. The van der Waals surface area contributed by atoms with Crippen LogP contribution in [0.3, 0.4) is 0 Å². The van der Waals surface area contributed by atoms with Crippen molar-refractivity contribution in [3.8, 4) is 22.8 Å². The summed E-state index contributed by atoms with van der Waals surface area (Å²) in [5.74, 6) is 1.41. The van der Waals surface area contributed by atoms with Gasteiger partial charge in [-0.25, -0.2) is 4.98 Å². The van der Waals surface area contributed by atoms with Crippen molar-refractivity contribution in [3.63, 3.8) is 0 Å². The van der Waals surface area contributed by atoms with Gasteiger partial charge in [-0.3, -0.25) is 0 Å². The van der Waals surface area contributed by atoms with Crippen LogP contribution in [-0.2, 0) is 4.74 Å². The molecule has 2 rings (SSSR count). The minimum atomic E-state index is 0.222. The Hall–Kier alpha value is -1.79. The third-order valence-corrected chi connectivity index (χ3v) is 3.74. The van der Waals surface area contributed by atoms with E-state index in [-0.39, 0.29) is 6.04 Å². The summed E-state index contributed by atoms with van der Waals surface area (Å²) in [5.41, 5.74) is 1.91. The van der Waals surface area contributed by atoms with Gasteiger partial charge in [0.2, 0.25) is 0 Å². The number of methoxy groups -OCH3 is 3. The lowest BCUT2D eigenvalue weighted by Crippen LogP contribution is -2.20. The van der Waals surface area contributed by atoms with Gasteiger partial charge in [-0.05, 0) is 25.1 Å². The van der Waals surface area contributed by atoms with Gasteiger partial charge in [0.25, 0.3) is 0 Å². The summed E-state index contributed by atoms with van der Waals surface area (Å²) >= 11 is 1.57. The predicted molar refractivity (Wildman–Crippen MR) is 85.6 cm³/mol. The Morgan fingerprint density at radius 2 is 1.95 bits per heavy atom. The molecular formula is C15H20N2O3S. The molecule has 0 amide bonds. The molecule has 1 aromatic carbocycles. The van der Waals surface area contributed by atoms with Crippen molar-refractivity contribution in [2.24, 2.45) is 0 Å². The van der Waals surface area contributed by atoms with Crippen LogP contribution in [0.5, 0.6) is 11.5 Å². The lowest BCUT2D eigenvalue weighted by Gasteiger charge is -2.11. The number of hydrogen-bond acceptors (Lipinski definition) is 6. The molecule has 114 valence electrons. The molecule has 2 aromatic rings. The Labute approximate surface area is 128 Å². The highest BCUT2D eigenvalue weighted by atomic mass is 32.1. The largest absolute Gasteiger partial charge is 0.493 e. The first-order valence-corrected chi connectivity index (χ1v) is 7.49. The SMILES string of the molecule is COC[C@H](C)Nc1nc(-c2ccc(OC)c(OC)c2)cs1. The van der Waals surface area contributed by atoms with E-state index < -0.39 is 0 Å². The van der Waals surface area contributed by atoms with Gasteiger partial charge >= 0.3 is 0 Å². The minimum Gasteiger partial charge on any atom is -0.493 e. The number of ether oxygens (including phenoxy) is 3. The smallest absolute Gasteiger partial charge is 0.183 e. The summed E-state index contributed by atoms with van der Waals surface area (Å²) in [6.07, 6.45) is 0. The molecule has 0 bridgehead atoms. The fourth-order valence-electron chi connectivity index (χ4n) is 1.97. The minimum absolute atomic E-state index is 0.222. The second-order valence-electron chi connectivity index (χ2n) is 4.61. The van der Waals surface area contributed by atoms with Gasteiger partial charge < -0.3 is 19.5 Å². The third-order valence-electron chi connectivity index (χ3n) is 2.97. The molecule has 1 atom stereocenters. The normalized spacial score (nSPS) is 12.0. The molecule has 1 N–H and O–H groups in total. The van der Waals surface area contributed by atoms with E-state index in [9.17, 15) is 0 Å². The van der Waals surface area contributed by atoms with E-state index in [0.717, 1.165) is 16.4 Å². The zero-order chi connectivity index (χ0) is 15.2. The van der Waals surface area contributed by atoms with Gasteiger partial charge in [-0.1, -0.05) is 0 Å². The molecule has 0 aliphatic heterocycles. The number of anilines is 1. The van der Waals surface area contributed by atoms with Crippen LogP contribution in [-0.4, -0.2) is 39.0 Å². The van der Waals surface area contributed by atoms with Crippen LogP contribution >= 0.6 is 11.3 Å². The van der Waals surface area contributed by atoms with Crippen LogP contribution in [0.2, 0.25) is 0 Å². The number of rotatable bonds is 7. The first kappa shape index (κ1) is 15.6. The molecule has 5 nitrogen and oxygen atoms in total. The Morgan fingerprint density at radius 3 is 2.62 bits per heavy atom. The topological polar surface area (TPSA) is 52.6 Å². The first-order valence-electron chi connectivity index (χ1n) is 6.61. The van der Waals surface area contributed by atoms with Crippen molar-refractivity contribution in [1.82, 2.24) is 4.98 Å². The maximum atomic E-state index is 5.32. The van der Waals surface area contributed by atoms with Crippen LogP contribution in [0.25, 0.3) is 11.3 Å². The van der Waals surface area contributed by atoms with Crippen LogP contribution in [0.4, 0.5) is 5.13 Å². The Bertz CT molecular complexity index is 586. The quantitative estimate of drug-likeness (QED) is 0.850. The summed E-state index contributed by atoms with van der Waals surface area (Å²) in [4.78, 5) is 4.59. The van der Waals surface area contributed by atoms with Crippen LogP contribution < -0.4 is 14.8 Å². The monoisotopic (exact) mass is 308 g/mol. The highest BCUT2D eigenvalue weighted by Gasteiger charge is 2.10. The van der Waals surface area contributed by atoms with E-state index in [2.05, 4.69) is 17.2 Å². The highest BCUT2D eigenvalue weighted by molar-refractivity contribution is 7.14. The maximum Gasteiger partial charge on any atom is 0.183 e. The van der Waals surface area contributed by atoms with Crippen molar-refractivity contribution in [2.45, 2.75) is 13.0 Å². The fourth-order valence-corrected chi connectivity index (χ4v) is 2.80. The number of nitrogens with zero attached hydrogens (tertiary/aromatic N) is 1. The number of aromatic nitrogens is 1. The van der Waals surface area contributed by atoms with E-state index in [1.165, 1.54) is 0 Å². The fraction of sp³-hybridized carbons (Fsp3) is 0.400. The molecule has 0 saturated carbocycles.